The number of phenols is 1. The Bertz CT molecular complexity index is 554. The second-order valence-electron chi connectivity index (χ2n) is 5.39. The van der Waals surface area contributed by atoms with Gasteiger partial charge in [-0.1, -0.05) is 18.6 Å². The van der Waals surface area contributed by atoms with E-state index in [2.05, 4.69) is 15.8 Å². The number of ether oxygens (including phenoxy) is 1. The zero-order chi connectivity index (χ0) is 15.9. The molecule has 1 aliphatic rings. The number of aromatic hydroxyl groups is 1. The molecular formula is C16H23N3O2S. The van der Waals surface area contributed by atoms with E-state index in [4.69, 9.17) is 17.0 Å². The fourth-order valence-electron chi connectivity index (χ4n) is 2.38. The molecule has 1 atom stereocenters. The minimum atomic E-state index is 0.228. The molecule has 1 aromatic rings. The Morgan fingerprint density at radius 1 is 1.50 bits per heavy atom. The van der Waals surface area contributed by atoms with Gasteiger partial charge < -0.3 is 15.2 Å². The zero-order valence-electron chi connectivity index (χ0n) is 13.1. The summed E-state index contributed by atoms with van der Waals surface area (Å²) in [5.41, 5.74) is 5.42. The van der Waals surface area contributed by atoms with Crippen LogP contribution in [-0.4, -0.2) is 35.2 Å². The van der Waals surface area contributed by atoms with Crippen molar-refractivity contribution < 1.29 is 9.84 Å². The van der Waals surface area contributed by atoms with Gasteiger partial charge in [-0.25, -0.2) is 0 Å². The van der Waals surface area contributed by atoms with Gasteiger partial charge in [-0.3, -0.25) is 5.43 Å². The van der Waals surface area contributed by atoms with Crippen molar-refractivity contribution in [3.05, 3.63) is 29.3 Å². The molecule has 6 heteroatoms. The smallest absolute Gasteiger partial charge is 0.187 e. The van der Waals surface area contributed by atoms with Crippen molar-refractivity contribution in [3.8, 4) is 5.75 Å². The van der Waals surface area contributed by atoms with E-state index in [1.165, 1.54) is 0 Å². The van der Waals surface area contributed by atoms with E-state index in [9.17, 15) is 5.11 Å². The number of hydrazone groups is 1. The molecule has 1 fully saturated rings. The van der Waals surface area contributed by atoms with Crippen molar-refractivity contribution in [2.45, 2.75) is 39.2 Å². The summed E-state index contributed by atoms with van der Waals surface area (Å²) in [4.78, 5) is 0. The molecule has 0 amide bonds. The summed E-state index contributed by atoms with van der Waals surface area (Å²) in [6.45, 7) is 5.50. The second-order valence-corrected chi connectivity index (χ2v) is 5.80. The highest BCUT2D eigenvalue weighted by Crippen LogP contribution is 2.20. The van der Waals surface area contributed by atoms with E-state index >= 15 is 0 Å². The number of hydrogen-bond acceptors (Lipinski definition) is 4. The van der Waals surface area contributed by atoms with Crippen LogP contribution in [0.3, 0.4) is 0 Å². The fraction of sp³-hybridized carbons (Fsp3) is 0.500. The van der Waals surface area contributed by atoms with Gasteiger partial charge >= 0.3 is 0 Å². The number of benzene rings is 1. The van der Waals surface area contributed by atoms with Crippen LogP contribution in [0.5, 0.6) is 5.75 Å². The van der Waals surface area contributed by atoms with Crippen molar-refractivity contribution >= 4 is 23.0 Å². The number of phenolic OH excluding ortho intramolecular Hbond substituents is 1. The Morgan fingerprint density at radius 2 is 2.32 bits per heavy atom. The number of hydrogen-bond donors (Lipinski definition) is 3. The van der Waals surface area contributed by atoms with Crippen LogP contribution in [0.2, 0.25) is 0 Å². The molecule has 0 unspecified atom stereocenters. The van der Waals surface area contributed by atoms with Crippen LogP contribution in [0.1, 0.15) is 37.3 Å². The largest absolute Gasteiger partial charge is 0.507 e. The van der Waals surface area contributed by atoms with Crippen molar-refractivity contribution in [3.63, 3.8) is 0 Å². The summed E-state index contributed by atoms with van der Waals surface area (Å²) in [7, 11) is 0. The highest BCUT2D eigenvalue weighted by molar-refractivity contribution is 7.80. The summed E-state index contributed by atoms with van der Waals surface area (Å²) in [5, 5.41) is 17.9. The molecule has 0 saturated carbocycles. The van der Waals surface area contributed by atoms with E-state index in [-0.39, 0.29) is 11.9 Å². The second kappa shape index (κ2) is 8.10. The number of thiocarbonyl (C=S) groups is 1. The number of nitrogens with zero attached hydrogens (tertiary/aromatic N) is 1. The molecular weight excluding hydrogens is 298 g/mol. The first kappa shape index (κ1) is 16.7. The standard InChI is InChI=1S/C16H23N3O2S/c1-3-14(13-9-11(2)6-7-15(13)20)18-19-16(22)17-10-12-5-4-8-21-12/h6-7,9,12,20H,3-5,8,10H2,1-2H3,(H2,17,19,22)/b18-14+/t12-/m0/s1. The quantitative estimate of drug-likeness (QED) is 0.442. The van der Waals surface area contributed by atoms with Gasteiger partial charge in [0.1, 0.15) is 5.75 Å². The monoisotopic (exact) mass is 321 g/mol. The zero-order valence-corrected chi connectivity index (χ0v) is 13.9. The van der Waals surface area contributed by atoms with E-state index < -0.39 is 0 Å². The molecule has 1 aliphatic heterocycles. The maximum absolute atomic E-state index is 9.98. The van der Waals surface area contributed by atoms with Gasteiger partial charge in [0.25, 0.3) is 0 Å². The van der Waals surface area contributed by atoms with Crippen LogP contribution >= 0.6 is 12.2 Å². The summed E-state index contributed by atoms with van der Waals surface area (Å²) in [5.74, 6) is 0.228. The Kier molecular flexibility index (Phi) is 6.15. The summed E-state index contributed by atoms with van der Waals surface area (Å²) >= 11 is 5.22. The Balaban J connectivity index is 1.93. The molecule has 0 radical (unpaired) electrons. The molecule has 0 spiro atoms. The lowest BCUT2D eigenvalue weighted by atomic mass is 10.0. The minimum Gasteiger partial charge on any atom is -0.507 e. The van der Waals surface area contributed by atoms with Gasteiger partial charge in [-0.2, -0.15) is 5.10 Å². The predicted octanol–water partition coefficient (Wildman–Crippen LogP) is 2.46. The van der Waals surface area contributed by atoms with Gasteiger partial charge in [0.2, 0.25) is 0 Å². The molecule has 1 heterocycles. The molecule has 0 aliphatic carbocycles. The molecule has 22 heavy (non-hydrogen) atoms. The van der Waals surface area contributed by atoms with E-state index in [0.29, 0.717) is 18.1 Å². The number of nitrogens with one attached hydrogen (secondary N) is 2. The third-order valence-electron chi connectivity index (χ3n) is 3.60. The summed E-state index contributed by atoms with van der Waals surface area (Å²) < 4.78 is 5.53. The molecule has 0 aromatic heterocycles. The van der Waals surface area contributed by atoms with E-state index in [1.807, 2.05) is 26.0 Å². The molecule has 5 nitrogen and oxygen atoms in total. The van der Waals surface area contributed by atoms with Crippen molar-refractivity contribution in [1.29, 1.82) is 0 Å². The predicted molar refractivity (Wildman–Crippen MR) is 92.4 cm³/mol. The molecule has 1 aromatic carbocycles. The first-order chi connectivity index (χ1) is 10.6. The van der Waals surface area contributed by atoms with Crippen LogP contribution in [0.15, 0.2) is 23.3 Å². The first-order valence-corrected chi connectivity index (χ1v) is 8.03. The Morgan fingerprint density at radius 3 is 3.00 bits per heavy atom. The lowest BCUT2D eigenvalue weighted by molar-refractivity contribution is 0.114. The average Bonchev–Trinajstić information content (AvgIpc) is 3.02. The SMILES string of the molecule is CC/C(=N\NC(=S)NC[C@@H]1CCCO1)c1cc(C)ccc1O. The molecule has 2 rings (SSSR count). The maximum Gasteiger partial charge on any atom is 0.187 e. The Hall–Kier alpha value is -1.66. The fourth-order valence-corrected chi connectivity index (χ4v) is 2.51. The Labute approximate surface area is 136 Å². The molecule has 1 saturated heterocycles. The van der Waals surface area contributed by atoms with Crippen LogP contribution in [0.4, 0.5) is 0 Å². The third-order valence-corrected chi connectivity index (χ3v) is 3.84. The minimum absolute atomic E-state index is 0.228. The van der Waals surface area contributed by atoms with Crippen molar-refractivity contribution in [1.82, 2.24) is 10.7 Å². The summed E-state index contributed by atoms with van der Waals surface area (Å²) in [6, 6.07) is 5.47. The van der Waals surface area contributed by atoms with Gasteiger partial charge in [0, 0.05) is 18.7 Å². The van der Waals surface area contributed by atoms with Gasteiger partial charge in [-0.15, -0.1) is 0 Å². The third kappa shape index (κ3) is 4.68. The highest BCUT2D eigenvalue weighted by Gasteiger charge is 2.15. The van der Waals surface area contributed by atoms with Gasteiger partial charge in [0.15, 0.2) is 5.11 Å². The normalized spacial score (nSPS) is 18.3. The molecule has 0 bridgehead atoms. The van der Waals surface area contributed by atoms with Crippen LogP contribution in [0, 0.1) is 6.92 Å². The van der Waals surface area contributed by atoms with Crippen LogP contribution in [0.25, 0.3) is 0 Å². The van der Waals surface area contributed by atoms with Crippen LogP contribution < -0.4 is 10.7 Å². The number of aryl methyl sites for hydroxylation is 1. The lowest BCUT2D eigenvalue weighted by Gasteiger charge is -2.13. The molecule has 3 N–H and O–H groups in total. The first-order valence-electron chi connectivity index (χ1n) is 7.62. The van der Waals surface area contributed by atoms with Gasteiger partial charge in [0.05, 0.1) is 11.8 Å². The van der Waals surface area contributed by atoms with Crippen molar-refractivity contribution in [2.75, 3.05) is 13.2 Å². The maximum atomic E-state index is 9.98. The van der Waals surface area contributed by atoms with Crippen molar-refractivity contribution in [2.24, 2.45) is 5.10 Å². The van der Waals surface area contributed by atoms with Crippen LogP contribution in [-0.2, 0) is 4.74 Å². The lowest BCUT2D eigenvalue weighted by Crippen LogP contribution is -2.37. The summed E-state index contributed by atoms with van der Waals surface area (Å²) in [6.07, 6.45) is 3.10. The van der Waals surface area contributed by atoms with E-state index in [1.54, 1.807) is 6.07 Å². The van der Waals surface area contributed by atoms with E-state index in [0.717, 1.165) is 36.3 Å². The average molecular weight is 321 g/mol. The van der Waals surface area contributed by atoms with Gasteiger partial charge in [-0.05, 0) is 50.5 Å². The molecule has 120 valence electrons. The highest BCUT2D eigenvalue weighted by atomic mass is 32.1. The topological polar surface area (TPSA) is 65.9 Å². The number of rotatable bonds is 5.